The summed E-state index contributed by atoms with van der Waals surface area (Å²) in [6.07, 6.45) is 1.49. The molecule has 0 bridgehead atoms. The zero-order valence-electron chi connectivity index (χ0n) is 11.4. The van der Waals surface area contributed by atoms with Gasteiger partial charge in [0.1, 0.15) is 10.8 Å². The molecule has 8 heteroatoms. The lowest BCUT2D eigenvalue weighted by atomic mass is 10.2. The van der Waals surface area contributed by atoms with Crippen molar-refractivity contribution >= 4 is 29.1 Å². The average Bonchev–Trinajstić information content (AvgIpc) is 2.97. The molecule has 0 saturated heterocycles. The van der Waals surface area contributed by atoms with Gasteiger partial charge in [0.15, 0.2) is 5.69 Å². The number of rotatable bonds is 5. The number of hydrogen-bond acceptors (Lipinski definition) is 7. The van der Waals surface area contributed by atoms with E-state index in [0.717, 1.165) is 0 Å². The summed E-state index contributed by atoms with van der Waals surface area (Å²) in [6, 6.07) is 2.88. The van der Waals surface area contributed by atoms with E-state index in [1.807, 2.05) is 6.92 Å². The van der Waals surface area contributed by atoms with Crippen molar-refractivity contribution in [3.8, 4) is 0 Å². The number of aromatic carboxylic acids is 1. The number of thiazole rings is 1. The summed E-state index contributed by atoms with van der Waals surface area (Å²) in [4.78, 5) is 30.4. The molecule has 2 aromatic rings. The van der Waals surface area contributed by atoms with E-state index >= 15 is 0 Å². The van der Waals surface area contributed by atoms with Gasteiger partial charge in [-0.1, -0.05) is 0 Å². The number of aromatic nitrogens is 2. The number of methoxy groups -OCH3 is 1. The molecule has 1 unspecified atom stereocenters. The second kappa shape index (κ2) is 6.31. The van der Waals surface area contributed by atoms with Crippen molar-refractivity contribution in [2.45, 2.75) is 13.0 Å². The summed E-state index contributed by atoms with van der Waals surface area (Å²) >= 11 is 1.25. The van der Waals surface area contributed by atoms with Crippen molar-refractivity contribution in [1.82, 2.24) is 9.97 Å². The van der Waals surface area contributed by atoms with Crippen LogP contribution >= 0.6 is 11.3 Å². The molecule has 110 valence electrons. The monoisotopic (exact) mass is 307 g/mol. The lowest BCUT2D eigenvalue weighted by Crippen LogP contribution is -2.10. The van der Waals surface area contributed by atoms with Gasteiger partial charge >= 0.3 is 11.9 Å². The maximum atomic E-state index is 11.4. The Morgan fingerprint density at radius 3 is 2.86 bits per heavy atom. The Kier molecular flexibility index (Phi) is 4.49. The summed E-state index contributed by atoms with van der Waals surface area (Å²) in [5, 5.41) is 14.0. The molecule has 2 N–H and O–H groups in total. The Morgan fingerprint density at radius 1 is 1.48 bits per heavy atom. The Morgan fingerprint density at radius 2 is 2.24 bits per heavy atom. The molecule has 7 nitrogen and oxygen atoms in total. The van der Waals surface area contributed by atoms with E-state index in [2.05, 4.69) is 20.0 Å². The minimum Gasteiger partial charge on any atom is -0.476 e. The highest BCUT2D eigenvalue weighted by atomic mass is 32.1. The number of nitrogens with one attached hydrogen (secondary N) is 1. The maximum Gasteiger partial charge on any atom is 0.355 e. The molecule has 2 aromatic heterocycles. The second-order valence-electron chi connectivity index (χ2n) is 4.16. The SMILES string of the molecule is COC(=O)c1ccnc(NC(C)c2nc(C(=O)O)cs2)c1. The van der Waals surface area contributed by atoms with Gasteiger partial charge in [-0.3, -0.25) is 0 Å². The van der Waals surface area contributed by atoms with Crippen LogP contribution in [0.3, 0.4) is 0 Å². The third-order valence-corrected chi connectivity index (χ3v) is 3.68. The molecule has 0 saturated carbocycles. The molecule has 0 amide bonds. The van der Waals surface area contributed by atoms with Gasteiger partial charge in [-0.25, -0.2) is 19.6 Å². The van der Waals surface area contributed by atoms with Crippen molar-refractivity contribution in [3.05, 3.63) is 40.0 Å². The molecular weight excluding hydrogens is 294 g/mol. The van der Waals surface area contributed by atoms with Crippen LogP contribution in [-0.2, 0) is 4.74 Å². The molecule has 1 atom stereocenters. The van der Waals surface area contributed by atoms with Crippen molar-refractivity contribution in [3.63, 3.8) is 0 Å². The first-order valence-electron chi connectivity index (χ1n) is 6.01. The molecule has 0 aromatic carbocycles. The lowest BCUT2D eigenvalue weighted by Gasteiger charge is -2.12. The van der Waals surface area contributed by atoms with Gasteiger partial charge < -0.3 is 15.2 Å². The van der Waals surface area contributed by atoms with E-state index in [1.54, 1.807) is 12.1 Å². The van der Waals surface area contributed by atoms with Gasteiger partial charge in [0.25, 0.3) is 0 Å². The summed E-state index contributed by atoms with van der Waals surface area (Å²) in [7, 11) is 1.31. The number of nitrogens with zero attached hydrogens (tertiary/aromatic N) is 2. The molecule has 0 aliphatic carbocycles. The first-order chi connectivity index (χ1) is 10.0. The standard InChI is InChI=1S/C13H13N3O4S/c1-7(11-16-9(6-21-11)12(17)18)15-10-5-8(3-4-14-10)13(19)20-2/h3-7H,1-2H3,(H,14,15)(H,17,18). The van der Waals surface area contributed by atoms with Gasteiger partial charge in [0.05, 0.1) is 18.7 Å². The summed E-state index contributed by atoms with van der Waals surface area (Å²) < 4.78 is 4.64. The van der Waals surface area contributed by atoms with E-state index in [-0.39, 0.29) is 11.7 Å². The highest BCUT2D eigenvalue weighted by Crippen LogP contribution is 2.22. The normalized spacial score (nSPS) is 11.7. The Labute approximate surface area is 124 Å². The van der Waals surface area contributed by atoms with Crippen LogP contribution in [0.2, 0.25) is 0 Å². The van der Waals surface area contributed by atoms with Crippen LogP contribution in [0.5, 0.6) is 0 Å². The van der Waals surface area contributed by atoms with Gasteiger partial charge in [-0.05, 0) is 19.1 Å². The number of carboxylic acids is 1. The Bertz CT molecular complexity index is 671. The number of anilines is 1. The van der Waals surface area contributed by atoms with E-state index < -0.39 is 11.9 Å². The fraction of sp³-hybridized carbons (Fsp3) is 0.231. The third kappa shape index (κ3) is 3.54. The van der Waals surface area contributed by atoms with Crippen LogP contribution in [0, 0.1) is 0 Å². The average molecular weight is 307 g/mol. The summed E-state index contributed by atoms with van der Waals surface area (Å²) in [5.74, 6) is -1.02. The molecule has 0 spiro atoms. The molecule has 2 heterocycles. The number of carboxylic acid groups (broad SMARTS) is 1. The van der Waals surface area contributed by atoms with Crippen LogP contribution < -0.4 is 5.32 Å². The molecule has 2 rings (SSSR count). The van der Waals surface area contributed by atoms with E-state index in [1.165, 1.54) is 30.0 Å². The molecular formula is C13H13N3O4S. The van der Waals surface area contributed by atoms with Gasteiger partial charge in [0.2, 0.25) is 0 Å². The van der Waals surface area contributed by atoms with Crippen molar-refractivity contribution in [2.75, 3.05) is 12.4 Å². The van der Waals surface area contributed by atoms with Crippen LogP contribution in [0.4, 0.5) is 5.82 Å². The number of ether oxygens (including phenoxy) is 1. The van der Waals surface area contributed by atoms with Crippen LogP contribution in [0.1, 0.15) is 38.8 Å². The minimum atomic E-state index is -1.06. The van der Waals surface area contributed by atoms with Crippen LogP contribution in [-0.4, -0.2) is 34.1 Å². The zero-order chi connectivity index (χ0) is 15.4. The Hall–Kier alpha value is -2.48. The molecule has 21 heavy (non-hydrogen) atoms. The van der Waals surface area contributed by atoms with E-state index in [0.29, 0.717) is 16.4 Å². The fourth-order valence-electron chi connectivity index (χ4n) is 1.62. The van der Waals surface area contributed by atoms with Gasteiger partial charge in [-0.2, -0.15) is 0 Å². The quantitative estimate of drug-likeness (QED) is 0.816. The number of hydrogen-bond donors (Lipinski definition) is 2. The number of pyridine rings is 1. The number of carbonyl (C=O) groups excluding carboxylic acids is 1. The smallest absolute Gasteiger partial charge is 0.355 e. The Balaban J connectivity index is 2.13. The zero-order valence-corrected chi connectivity index (χ0v) is 12.2. The fourth-order valence-corrected chi connectivity index (χ4v) is 2.42. The number of esters is 1. The topological polar surface area (TPSA) is 101 Å². The van der Waals surface area contributed by atoms with Crippen molar-refractivity contribution in [1.29, 1.82) is 0 Å². The van der Waals surface area contributed by atoms with Gasteiger partial charge in [-0.15, -0.1) is 11.3 Å². The van der Waals surface area contributed by atoms with Crippen LogP contribution in [0.25, 0.3) is 0 Å². The predicted molar refractivity (Wildman–Crippen MR) is 76.7 cm³/mol. The van der Waals surface area contributed by atoms with E-state index in [4.69, 9.17) is 5.11 Å². The molecule has 0 fully saturated rings. The molecule has 0 aliphatic rings. The third-order valence-electron chi connectivity index (χ3n) is 2.66. The summed E-state index contributed by atoms with van der Waals surface area (Å²) in [5.41, 5.74) is 0.396. The second-order valence-corrected chi connectivity index (χ2v) is 5.05. The number of carbonyl (C=O) groups is 2. The molecule has 0 radical (unpaired) electrons. The van der Waals surface area contributed by atoms with Crippen LogP contribution in [0.15, 0.2) is 23.7 Å². The maximum absolute atomic E-state index is 11.4. The van der Waals surface area contributed by atoms with Gasteiger partial charge in [0, 0.05) is 11.6 Å². The highest BCUT2D eigenvalue weighted by molar-refractivity contribution is 7.09. The minimum absolute atomic E-state index is 0.0138. The van der Waals surface area contributed by atoms with Crippen molar-refractivity contribution < 1.29 is 19.4 Å². The first kappa shape index (κ1) is 14.9. The van der Waals surface area contributed by atoms with Crippen molar-refractivity contribution in [2.24, 2.45) is 0 Å². The molecule has 0 aliphatic heterocycles. The lowest BCUT2D eigenvalue weighted by molar-refractivity contribution is 0.0599. The van der Waals surface area contributed by atoms with E-state index in [9.17, 15) is 9.59 Å². The predicted octanol–water partition coefficient (Wildman–Crippen LogP) is 2.20. The summed E-state index contributed by atoms with van der Waals surface area (Å²) in [6.45, 7) is 1.83. The largest absolute Gasteiger partial charge is 0.476 e. The first-order valence-corrected chi connectivity index (χ1v) is 6.89. The highest BCUT2D eigenvalue weighted by Gasteiger charge is 2.15.